The number of hydrogen-bond donors (Lipinski definition) is 1. The minimum atomic E-state index is 0.996. The lowest BCUT2D eigenvalue weighted by atomic mass is 10.2. The molecule has 0 saturated carbocycles. The second kappa shape index (κ2) is 3.50. The molecule has 3 nitrogen and oxygen atoms in total. The predicted octanol–water partition coefficient (Wildman–Crippen LogP) is 1.11. The minimum Gasteiger partial charge on any atom is -0.331 e. The Morgan fingerprint density at radius 1 is 1.46 bits per heavy atom. The summed E-state index contributed by atoms with van der Waals surface area (Å²) in [6, 6.07) is 0. The standard InChI is InChI=1S/C10H17N3/c1-3-10-12-8-5-6-11-7-9(8)13(10)4-2/h11H,3-7H2,1-2H3. The molecule has 2 heterocycles. The molecule has 2 rings (SSSR count). The first-order valence-electron chi connectivity index (χ1n) is 5.14. The van der Waals surface area contributed by atoms with E-state index in [9.17, 15) is 0 Å². The highest BCUT2D eigenvalue weighted by atomic mass is 15.1. The van der Waals surface area contributed by atoms with Crippen molar-refractivity contribution < 1.29 is 0 Å². The molecule has 1 aliphatic rings. The Balaban J connectivity index is 2.44. The van der Waals surface area contributed by atoms with Gasteiger partial charge in [-0.1, -0.05) is 6.92 Å². The topological polar surface area (TPSA) is 29.9 Å². The summed E-state index contributed by atoms with van der Waals surface area (Å²) in [6.45, 7) is 7.49. The lowest BCUT2D eigenvalue weighted by Crippen LogP contribution is -2.25. The van der Waals surface area contributed by atoms with Gasteiger partial charge in [0, 0.05) is 32.5 Å². The molecule has 0 atom stereocenters. The Bertz CT molecular complexity index is 291. The maximum Gasteiger partial charge on any atom is 0.108 e. The molecule has 13 heavy (non-hydrogen) atoms. The number of nitrogens with one attached hydrogen (secondary N) is 1. The smallest absolute Gasteiger partial charge is 0.108 e. The van der Waals surface area contributed by atoms with E-state index in [-0.39, 0.29) is 0 Å². The van der Waals surface area contributed by atoms with Crippen molar-refractivity contribution >= 4 is 0 Å². The summed E-state index contributed by atoms with van der Waals surface area (Å²) in [5, 5.41) is 3.39. The highest BCUT2D eigenvalue weighted by Crippen LogP contribution is 2.16. The number of aromatic nitrogens is 2. The van der Waals surface area contributed by atoms with Gasteiger partial charge in [-0.25, -0.2) is 4.98 Å². The molecule has 0 saturated heterocycles. The van der Waals surface area contributed by atoms with Gasteiger partial charge in [0.1, 0.15) is 5.82 Å². The van der Waals surface area contributed by atoms with Crippen LogP contribution >= 0.6 is 0 Å². The van der Waals surface area contributed by atoms with Crippen LogP contribution in [0.5, 0.6) is 0 Å². The van der Waals surface area contributed by atoms with Crippen molar-refractivity contribution in [1.29, 1.82) is 0 Å². The third kappa shape index (κ3) is 1.37. The van der Waals surface area contributed by atoms with E-state index in [2.05, 4.69) is 28.7 Å². The van der Waals surface area contributed by atoms with E-state index in [1.165, 1.54) is 17.2 Å². The van der Waals surface area contributed by atoms with Crippen molar-refractivity contribution in [2.75, 3.05) is 6.54 Å². The van der Waals surface area contributed by atoms with E-state index in [1.54, 1.807) is 0 Å². The van der Waals surface area contributed by atoms with Crippen LogP contribution in [-0.2, 0) is 25.9 Å². The van der Waals surface area contributed by atoms with Crippen molar-refractivity contribution in [1.82, 2.24) is 14.9 Å². The van der Waals surface area contributed by atoms with Crippen molar-refractivity contribution in [3.05, 3.63) is 17.2 Å². The van der Waals surface area contributed by atoms with Crippen LogP contribution in [0.15, 0.2) is 0 Å². The first-order chi connectivity index (χ1) is 6.36. The van der Waals surface area contributed by atoms with E-state index in [0.29, 0.717) is 0 Å². The van der Waals surface area contributed by atoms with Gasteiger partial charge >= 0.3 is 0 Å². The van der Waals surface area contributed by atoms with E-state index in [1.807, 2.05) is 0 Å². The van der Waals surface area contributed by atoms with Crippen molar-refractivity contribution in [3.63, 3.8) is 0 Å². The molecule has 0 unspecified atom stereocenters. The fourth-order valence-electron chi connectivity index (χ4n) is 2.05. The third-order valence-corrected chi connectivity index (χ3v) is 2.70. The Hall–Kier alpha value is -0.830. The van der Waals surface area contributed by atoms with Gasteiger partial charge in [-0.2, -0.15) is 0 Å². The summed E-state index contributed by atoms with van der Waals surface area (Å²) in [5.41, 5.74) is 2.73. The average Bonchev–Trinajstić information content (AvgIpc) is 2.55. The number of imidazole rings is 1. The molecule has 3 heteroatoms. The molecule has 0 aliphatic carbocycles. The maximum absolute atomic E-state index is 4.66. The maximum atomic E-state index is 4.66. The molecule has 72 valence electrons. The summed E-state index contributed by atoms with van der Waals surface area (Å²) in [6.07, 6.45) is 2.14. The Kier molecular flexibility index (Phi) is 2.36. The fourth-order valence-corrected chi connectivity index (χ4v) is 2.05. The fraction of sp³-hybridized carbons (Fsp3) is 0.700. The van der Waals surface area contributed by atoms with Crippen molar-refractivity contribution in [3.8, 4) is 0 Å². The second-order valence-corrected chi connectivity index (χ2v) is 3.45. The SMILES string of the molecule is CCc1nc2c(n1CC)CNCC2. The summed E-state index contributed by atoms with van der Waals surface area (Å²) < 4.78 is 2.35. The van der Waals surface area contributed by atoms with Gasteiger partial charge < -0.3 is 9.88 Å². The van der Waals surface area contributed by atoms with Crippen LogP contribution in [-0.4, -0.2) is 16.1 Å². The van der Waals surface area contributed by atoms with Crippen LogP contribution in [0.25, 0.3) is 0 Å². The van der Waals surface area contributed by atoms with Gasteiger partial charge in [-0.3, -0.25) is 0 Å². The van der Waals surface area contributed by atoms with Crippen LogP contribution in [0.4, 0.5) is 0 Å². The molecule has 1 aliphatic heterocycles. The molecule has 0 radical (unpaired) electrons. The van der Waals surface area contributed by atoms with E-state index in [0.717, 1.165) is 32.5 Å². The molecule has 0 amide bonds. The Morgan fingerprint density at radius 2 is 2.31 bits per heavy atom. The lowest BCUT2D eigenvalue weighted by molar-refractivity contribution is 0.582. The molecule has 1 N–H and O–H groups in total. The van der Waals surface area contributed by atoms with E-state index < -0.39 is 0 Å². The van der Waals surface area contributed by atoms with Gasteiger partial charge in [-0.15, -0.1) is 0 Å². The zero-order valence-corrected chi connectivity index (χ0v) is 8.43. The van der Waals surface area contributed by atoms with Gasteiger partial charge in [0.25, 0.3) is 0 Å². The molecule has 0 spiro atoms. The highest BCUT2D eigenvalue weighted by Gasteiger charge is 2.17. The lowest BCUT2D eigenvalue weighted by Gasteiger charge is -2.14. The predicted molar refractivity (Wildman–Crippen MR) is 52.7 cm³/mol. The summed E-state index contributed by atoms with van der Waals surface area (Å²) in [7, 11) is 0. The number of aryl methyl sites for hydroxylation is 1. The molecular formula is C10H17N3. The number of hydrogen-bond acceptors (Lipinski definition) is 2. The van der Waals surface area contributed by atoms with Gasteiger partial charge in [0.15, 0.2) is 0 Å². The van der Waals surface area contributed by atoms with Crippen LogP contribution in [0.1, 0.15) is 31.1 Å². The molecule has 1 aromatic rings. The van der Waals surface area contributed by atoms with Crippen LogP contribution in [0, 0.1) is 0 Å². The molecule has 0 aromatic carbocycles. The molecule has 0 bridgehead atoms. The number of rotatable bonds is 2. The first-order valence-corrected chi connectivity index (χ1v) is 5.14. The minimum absolute atomic E-state index is 0.996. The summed E-state index contributed by atoms with van der Waals surface area (Å²) in [4.78, 5) is 4.66. The Morgan fingerprint density at radius 3 is 3.00 bits per heavy atom. The van der Waals surface area contributed by atoms with Crippen LogP contribution < -0.4 is 5.32 Å². The highest BCUT2D eigenvalue weighted by molar-refractivity contribution is 5.20. The third-order valence-electron chi connectivity index (χ3n) is 2.70. The van der Waals surface area contributed by atoms with Gasteiger partial charge in [0.2, 0.25) is 0 Å². The van der Waals surface area contributed by atoms with E-state index >= 15 is 0 Å². The zero-order chi connectivity index (χ0) is 9.26. The van der Waals surface area contributed by atoms with Gasteiger partial charge in [-0.05, 0) is 6.92 Å². The normalized spacial score (nSPS) is 15.8. The molecule has 0 fully saturated rings. The van der Waals surface area contributed by atoms with E-state index in [4.69, 9.17) is 0 Å². The van der Waals surface area contributed by atoms with Crippen LogP contribution in [0.2, 0.25) is 0 Å². The molecule has 1 aromatic heterocycles. The first kappa shape index (κ1) is 8.75. The monoisotopic (exact) mass is 179 g/mol. The van der Waals surface area contributed by atoms with Crippen molar-refractivity contribution in [2.45, 2.75) is 39.8 Å². The Labute approximate surface area is 79.2 Å². The van der Waals surface area contributed by atoms with Crippen molar-refractivity contribution in [2.24, 2.45) is 0 Å². The molecular weight excluding hydrogens is 162 g/mol. The average molecular weight is 179 g/mol. The van der Waals surface area contributed by atoms with Crippen LogP contribution in [0.3, 0.4) is 0 Å². The number of nitrogens with zero attached hydrogens (tertiary/aromatic N) is 2. The summed E-state index contributed by atoms with van der Waals surface area (Å²) in [5.74, 6) is 1.25. The summed E-state index contributed by atoms with van der Waals surface area (Å²) >= 11 is 0. The quantitative estimate of drug-likeness (QED) is 0.737. The largest absolute Gasteiger partial charge is 0.331 e. The second-order valence-electron chi connectivity index (χ2n) is 3.45. The number of fused-ring (bicyclic) bond motifs is 1. The zero-order valence-electron chi connectivity index (χ0n) is 8.43. The van der Waals surface area contributed by atoms with Gasteiger partial charge in [0.05, 0.1) is 11.4 Å².